The Bertz CT molecular complexity index is 166. The van der Waals surface area contributed by atoms with Gasteiger partial charge in [0.2, 0.25) is 5.91 Å². The summed E-state index contributed by atoms with van der Waals surface area (Å²) in [7, 11) is 0. The number of ether oxygens (including phenoxy) is 1. The van der Waals surface area contributed by atoms with Gasteiger partial charge < -0.3 is 10.1 Å². The fourth-order valence-electron chi connectivity index (χ4n) is 0.872. The summed E-state index contributed by atoms with van der Waals surface area (Å²) in [5.41, 5.74) is 0. The first-order chi connectivity index (χ1) is 4.70. The number of carbonyl (C=O) groups excluding carboxylic acids is 2. The van der Waals surface area contributed by atoms with E-state index in [-0.39, 0.29) is 11.9 Å². The molecule has 4 heteroatoms. The Morgan fingerprint density at radius 1 is 1.80 bits per heavy atom. The van der Waals surface area contributed by atoms with Crippen LogP contribution in [0.4, 0.5) is 0 Å². The molecule has 1 saturated heterocycles. The van der Waals surface area contributed by atoms with Crippen LogP contribution in [0.15, 0.2) is 0 Å². The van der Waals surface area contributed by atoms with E-state index in [1.54, 1.807) is 0 Å². The quantitative estimate of drug-likeness (QED) is 0.500. The average molecular weight is 143 g/mol. The molecule has 1 atom stereocenters. The van der Waals surface area contributed by atoms with Crippen molar-refractivity contribution in [2.75, 3.05) is 6.61 Å². The summed E-state index contributed by atoms with van der Waals surface area (Å²) in [6.45, 7) is 1.80. The van der Waals surface area contributed by atoms with Gasteiger partial charge in [-0.3, -0.25) is 4.79 Å². The summed E-state index contributed by atoms with van der Waals surface area (Å²) in [5, 5.41) is 2.48. The maximum absolute atomic E-state index is 10.7. The maximum atomic E-state index is 10.7. The zero-order valence-electron chi connectivity index (χ0n) is 5.72. The van der Waals surface area contributed by atoms with Crippen molar-refractivity contribution in [3.8, 4) is 0 Å². The number of cyclic esters (lactones) is 1. The van der Waals surface area contributed by atoms with Crippen LogP contribution in [0.3, 0.4) is 0 Å². The monoisotopic (exact) mass is 143 g/mol. The molecule has 4 nitrogen and oxygen atoms in total. The van der Waals surface area contributed by atoms with Crippen LogP contribution < -0.4 is 5.32 Å². The van der Waals surface area contributed by atoms with E-state index in [1.807, 2.05) is 0 Å². The number of nitrogens with one attached hydrogen (secondary N) is 1. The predicted molar refractivity (Wildman–Crippen MR) is 33.2 cm³/mol. The lowest BCUT2D eigenvalue weighted by atomic mass is 10.2. The first-order valence-corrected chi connectivity index (χ1v) is 3.14. The van der Waals surface area contributed by atoms with Crippen LogP contribution in [0, 0.1) is 0 Å². The first-order valence-electron chi connectivity index (χ1n) is 3.14. The molecule has 0 unspecified atom stereocenters. The summed E-state index contributed by atoms with van der Waals surface area (Å²) in [6, 6.07) is -0.405. The number of amides is 1. The fourth-order valence-corrected chi connectivity index (χ4v) is 0.872. The van der Waals surface area contributed by atoms with Crippen LogP contribution in [0.25, 0.3) is 0 Å². The van der Waals surface area contributed by atoms with Gasteiger partial charge in [-0.1, -0.05) is 0 Å². The maximum Gasteiger partial charge on any atom is 0.328 e. The number of esters is 1. The van der Waals surface area contributed by atoms with Gasteiger partial charge in [0.1, 0.15) is 6.04 Å². The second kappa shape index (κ2) is 2.68. The molecule has 56 valence electrons. The number of hydrogen-bond donors (Lipinski definition) is 1. The van der Waals surface area contributed by atoms with Crippen molar-refractivity contribution in [3.63, 3.8) is 0 Å². The summed E-state index contributed by atoms with van der Waals surface area (Å²) in [5.74, 6) is -0.515. The molecule has 0 saturated carbocycles. The van der Waals surface area contributed by atoms with E-state index < -0.39 is 6.04 Å². The van der Waals surface area contributed by atoms with E-state index in [9.17, 15) is 9.59 Å². The molecule has 1 aliphatic rings. The third-order valence-corrected chi connectivity index (χ3v) is 1.31. The molecule has 0 radical (unpaired) electrons. The van der Waals surface area contributed by atoms with Crippen LogP contribution >= 0.6 is 0 Å². The highest BCUT2D eigenvalue weighted by Gasteiger charge is 2.26. The molecule has 10 heavy (non-hydrogen) atoms. The Morgan fingerprint density at radius 3 is 2.90 bits per heavy atom. The highest BCUT2D eigenvalue weighted by molar-refractivity contribution is 5.84. The topological polar surface area (TPSA) is 55.4 Å². The molecule has 1 rings (SSSR count). The highest BCUT2D eigenvalue weighted by atomic mass is 16.5. The second-order valence-electron chi connectivity index (χ2n) is 2.21. The van der Waals surface area contributed by atoms with Gasteiger partial charge in [0, 0.05) is 13.3 Å². The van der Waals surface area contributed by atoms with E-state index in [1.165, 1.54) is 6.92 Å². The molecule has 1 aliphatic heterocycles. The Labute approximate surface area is 58.5 Å². The molecule has 0 aromatic rings. The fraction of sp³-hybridized carbons (Fsp3) is 0.667. The van der Waals surface area contributed by atoms with Gasteiger partial charge in [-0.25, -0.2) is 4.79 Å². The van der Waals surface area contributed by atoms with Crippen molar-refractivity contribution in [3.05, 3.63) is 0 Å². The zero-order valence-corrected chi connectivity index (χ0v) is 5.72. The third-order valence-electron chi connectivity index (χ3n) is 1.31. The molecule has 0 spiro atoms. The lowest BCUT2D eigenvalue weighted by Crippen LogP contribution is -2.36. The van der Waals surface area contributed by atoms with Gasteiger partial charge in [-0.15, -0.1) is 0 Å². The number of carbonyl (C=O) groups is 2. The Morgan fingerprint density at radius 2 is 2.50 bits per heavy atom. The van der Waals surface area contributed by atoms with E-state index >= 15 is 0 Å². The Balaban J connectivity index is 2.40. The molecule has 1 N–H and O–H groups in total. The number of hydrogen-bond acceptors (Lipinski definition) is 3. The van der Waals surface area contributed by atoms with Crippen LogP contribution in [-0.2, 0) is 14.3 Å². The van der Waals surface area contributed by atoms with Gasteiger partial charge >= 0.3 is 5.97 Å². The molecule has 1 amide bonds. The molecule has 0 aromatic carbocycles. The molecule has 0 aliphatic carbocycles. The minimum atomic E-state index is -0.405. The molecular weight excluding hydrogens is 134 g/mol. The van der Waals surface area contributed by atoms with Gasteiger partial charge in [0.15, 0.2) is 0 Å². The SMILES string of the molecule is CC(=O)N[C@H]1CCOC1=O. The lowest BCUT2D eigenvalue weighted by molar-refractivity contribution is -0.141. The van der Waals surface area contributed by atoms with Crippen molar-refractivity contribution in [1.29, 1.82) is 0 Å². The zero-order chi connectivity index (χ0) is 7.56. The standard InChI is InChI=1S/C6H9NO3/c1-4(8)7-5-2-3-10-6(5)9/h5H,2-3H2,1H3,(H,7,8)/t5-/m0/s1. The molecule has 1 heterocycles. The van der Waals surface area contributed by atoms with Gasteiger partial charge in [0.25, 0.3) is 0 Å². The number of rotatable bonds is 1. The van der Waals surface area contributed by atoms with Crippen LogP contribution in [0.2, 0.25) is 0 Å². The van der Waals surface area contributed by atoms with Crippen LogP contribution in [-0.4, -0.2) is 24.5 Å². The Hall–Kier alpha value is -1.06. The average Bonchev–Trinajstić information content (AvgIpc) is 2.15. The van der Waals surface area contributed by atoms with Crippen LogP contribution in [0.5, 0.6) is 0 Å². The van der Waals surface area contributed by atoms with Crippen molar-refractivity contribution in [1.82, 2.24) is 5.32 Å². The van der Waals surface area contributed by atoms with E-state index in [4.69, 9.17) is 0 Å². The predicted octanol–water partition coefficient (Wildman–Crippen LogP) is -0.562. The van der Waals surface area contributed by atoms with Gasteiger partial charge in [-0.2, -0.15) is 0 Å². The lowest BCUT2D eigenvalue weighted by Gasteiger charge is -2.03. The normalized spacial score (nSPS) is 24.1. The molecule has 0 bridgehead atoms. The summed E-state index contributed by atoms with van der Waals surface area (Å²) in [6.07, 6.45) is 0.596. The summed E-state index contributed by atoms with van der Waals surface area (Å²) >= 11 is 0. The minimum Gasteiger partial charge on any atom is -0.464 e. The third kappa shape index (κ3) is 1.46. The first kappa shape index (κ1) is 7.05. The summed E-state index contributed by atoms with van der Waals surface area (Å²) in [4.78, 5) is 21.1. The molecule has 0 aromatic heterocycles. The van der Waals surface area contributed by atoms with Crippen molar-refractivity contribution < 1.29 is 14.3 Å². The van der Waals surface area contributed by atoms with Crippen molar-refractivity contribution in [2.24, 2.45) is 0 Å². The molecular formula is C6H9NO3. The van der Waals surface area contributed by atoms with E-state index in [0.29, 0.717) is 13.0 Å². The van der Waals surface area contributed by atoms with Crippen LogP contribution in [0.1, 0.15) is 13.3 Å². The van der Waals surface area contributed by atoms with E-state index in [0.717, 1.165) is 0 Å². The van der Waals surface area contributed by atoms with Gasteiger partial charge in [0.05, 0.1) is 6.61 Å². The van der Waals surface area contributed by atoms with Gasteiger partial charge in [-0.05, 0) is 0 Å². The minimum absolute atomic E-state index is 0.191. The smallest absolute Gasteiger partial charge is 0.328 e. The largest absolute Gasteiger partial charge is 0.464 e. The Kier molecular flexibility index (Phi) is 1.89. The molecule has 1 fully saturated rings. The highest BCUT2D eigenvalue weighted by Crippen LogP contribution is 2.04. The van der Waals surface area contributed by atoms with Crippen molar-refractivity contribution in [2.45, 2.75) is 19.4 Å². The van der Waals surface area contributed by atoms with E-state index in [2.05, 4.69) is 10.1 Å². The second-order valence-corrected chi connectivity index (χ2v) is 2.21. The summed E-state index contributed by atoms with van der Waals surface area (Å²) < 4.78 is 4.61. The van der Waals surface area contributed by atoms with Crippen molar-refractivity contribution >= 4 is 11.9 Å².